The molecule has 0 saturated heterocycles. The molecule has 0 bridgehead atoms. The van der Waals surface area contributed by atoms with Crippen molar-refractivity contribution in [3.05, 3.63) is 9.81 Å². The lowest BCUT2D eigenvalue weighted by molar-refractivity contribution is 0.795. The highest BCUT2D eigenvalue weighted by atomic mass is 16.3. The van der Waals surface area contributed by atoms with E-state index in [2.05, 4.69) is 10.4 Å². The molecule has 8 heavy (non-hydrogen) atoms. The third-order valence-electron chi connectivity index (χ3n) is 1.33. The van der Waals surface area contributed by atoms with Gasteiger partial charge >= 0.3 is 0 Å². The summed E-state index contributed by atoms with van der Waals surface area (Å²) < 4.78 is 0. The zero-order valence-electron chi connectivity index (χ0n) is 4.28. The van der Waals surface area contributed by atoms with Crippen LogP contribution in [-0.2, 0) is 0 Å². The minimum atomic E-state index is -0.104. The maximum absolute atomic E-state index is 9.66. The van der Waals surface area contributed by atoms with Crippen molar-refractivity contribution >= 4 is 0 Å². The van der Waals surface area contributed by atoms with Gasteiger partial charge in [0.1, 0.15) is 0 Å². The number of nitroso groups, excluding NO2 is 2. The molecule has 2 unspecified atom stereocenters. The Kier molecular flexibility index (Phi) is 1.32. The van der Waals surface area contributed by atoms with Gasteiger partial charge in [0, 0.05) is 5.92 Å². The van der Waals surface area contributed by atoms with Crippen LogP contribution in [0, 0.1) is 15.7 Å². The fourth-order valence-corrected chi connectivity index (χ4v) is 0.653. The minimum absolute atomic E-state index is 0.104. The van der Waals surface area contributed by atoms with Crippen molar-refractivity contribution in [2.75, 3.05) is 6.54 Å². The summed E-state index contributed by atoms with van der Waals surface area (Å²) in [5.41, 5.74) is 0. The zero-order chi connectivity index (χ0) is 5.98. The Morgan fingerprint density at radius 2 is 2.25 bits per heavy atom. The van der Waals surface area contributed by atoms with E-state index in [0.29, 0.717) is 0 Å². The van der Waals surface area contributed by atoms with Crippen molar-refractivity contribution < 1.29 is 0 Å². The summed E-state index contributed by atoms with van der Waals surface area (Å²) in [6.45, 7) is 0.260. The highest BCUT2D eigenvalue weighted by molar-refractivity contribution is 4.93. The molecule has 1 rings (SSSR count). The molecule has 0 heterocycles. The number of rotatable bonds is 3. The molecule has 0 N–H and O–H groups in total. The van der Waals surface area contributed by atoms with Crippen LogP contribution in [-0.4, -0.2) is 12.6 Å². The molecule has 0 aromatic carbocycles. The van der Waals surface area contributed by atoms with Gasteiger partial charge in [-0.25, -0.2) is 0 Å². The fourth-order valence-electron chi connectivity index (χ4n) is 0.653. The third kappa shape index (κ3) is 0.882. The van der Waals surface area contributed by atoms with E-state index in [-0.39, 0.29) is 18.5 Å². The van der Waals surface area contributed by atoms with Gasteiger partial charge in [0.2, 0.25) is 0 Å². The van der Waals surface area contributed by atoms with E-state index in [1.54, 1.807) is 0 Å². The maximum Gasteiger partial charge on any atom is 0.0971 e. The van der Waals surface area contributed by atoms with Gasteiger partial charge < -0.3 is 0 Å². The summed E-state index contributed by atoms with van der Waals surface area (Å²) >= 11 is 0. The van der Waals surface area contributed by atoms with Gasteiger partial charge in [0.25, 0.3) is 0 Å². The Balaban J connectivity index is 2.16. The van der Waals surface area contributed by atoms with Gasteiger partial charge in [0.05, 0.1) is 12.6 Å². The monoisotopic (exact) mass is 114 g/mol. The molecule has 0 radical (unpaired) electrons. The molecule has 2 atom stereocenters. The normalized spacial score (nSPS) is 34.0. The van der Waals surface area contributed by atoms with Crippen molar-refractivity contribution in [2.24, 2.45) is 16.3 Å². The van der Waals surface area contributed by atoms with E-state index in [9.17, 15) is 9.81 Å². The molecule has 0 spiro atoms. The Bertz CT molecular complexity index is 115. The largest absolute Gasteiger partial charge is 0.151 e. The van der Waals surface area contributed by atoms with Gasteiger partial charge in [-0.3, -0.25) is 0 Å². The Hall–Kier alpha value is -0.800. The first-order chi connectivity index (χ1) is 3.88. The van der Waals surface area contributed by atoms with Gasteiger partial charge in [-0.15, -0.1) is 0 Å². The average molecular weight is 114 g/mol. The highest BCUT2D eigenvalue weighted by Gasteiger charge is 2.38. The summed E-state index contributed by atoms with van der Waals surface area (Å²) in [5.74, 6) is 0.171. The first-order valence-electron chi connectivity index (χ1n) is 2.50. The number of hydrogen-bond acceptors (Lipinski definition) is 4. The fraction of sp³-hybridized carbons (Fsp3) is 1.00. The Morgan fingerprint density at radius 1 is 1.50 bits per heavy atom. The molecule has 4 nitrogen and oxygen atoms in total. The van der Waals surface area contributed by atoms with Crippen LogP contribution < -0.4 is 0 Å². The van der Waals surface area contributed by atoms with E-state index < -0.39 is 0 Å². The lowest BCUT2D eigenvalue weighted by atomic mass is 10.4. The standard InChI is InChI=1S/C4H6N2O2/c7-5-2-3-1-4(3)6-8/h3-4H,1-2H2. The van der Waals surface area contributed by atoms with Crippen LogP contribution in [0.25, 0.3) is 0 Å². The van der Waals surface area contributed by atoms with Gasteiger partial charge in [-0.2, -0.15) is 9.81 Å². The molecule has 4 heteroatoms. The number of hydrogen-bond donors (Lipinski definition) is 0. The lowest BCUT2D eigenvalue weighted by Gasteiger charge is -1.77. The predicted octanol–water partition coefficient (Wildman–Crippen LogP) is 0.908. The number of nitrogens with zero attached hydrogens (tertiary/aromatic N) is 2. The molecule has 1 aliphatic rings. The van der Waals surface area contributed by atoms with Crippen molar-refractivity contribution in [3.63, 3.8) is 0 Å². The summed E-state index contributed by atoms with van der Waals surface area (Å²) in [6, 6.07) is -0.104. The van der Waals surface area contributed by atoms with Crippen molar-refractivity contribution in [1.29, 1.82) is 0 Å². The second kappa shape index (κ2) is 1.98. The molecule has 0 aromatic rings. The van der Waals surface area contributed by atoms with Crippen LogP contribution in [0.4, 0.5) is 0 Å². The second-order valence-corrected chi connectivity index (χ2v) is 1.98. The summed E-state index contributed by atoms with van der Waals surface area (Å²) in [5, 5.41) is 5.40. The van der Waals surface area contributed by atoms with E-state index >= 15 is 0 Å². The first-order valence-corrected chi connectivity index (χ1v) is 2.50. The van der Waals surface area contributed by atoms with E-state index in [1.807, 2.05) is 0 Å². The van der Waals surface area contributed by atoms with Crippen LogP contribution in [0.15, 0.2) is 10.4 Å². The lowest BCUT2D eigenvalue weighted by Crippen LogP contribution is -1.85. The molecule has 0 aromatic heterocycles. The third-order valence-corrected chi connectivity index (χ3v) is 1.33. The van der Waals surface area contributed by atoms with Crippen molar-refractivity contribution in [1.82, 2.24) is 0 Å². The Morgan fingerprint density at radius 3 is 2.62 bits per heavy atom. The van der Waals surface area contributed by atoms with Crippen LogP contribution in [0.3, 0.4) is 0 Å². The average Bonchev–Trinajstić information content (AvgIpc) is 2.48. The van der Waals surface area contributed by atoms with Gasteiger partial charge in [-0.05, 0) is 6.42 Å². The smallest absolute Gasteiger partial charge is 0.0971 e. The SMILES string of the molecule is O=NCC1CC1N=O. The van der Waals surface area contributed by atoms with Gasteiger partial charge in [0.15, 0.2) is 0 Å². The van der Waals surface area contributed by atoms with Crippen LogP contribution in [0.1, 0.15) is 6.42 Å². The summed E-state index contributed by atoms with van der Waals surface area (Å²) in [4.78, 5) is 19.2. The predicted molar refractivity (Wildman–Crippen MR) is 28.4 cm³/mol. The molecule has 1 saturated carbocycles. The molecule has 0 aliphatic heterocycles. The minimum Gasteiger partial charge on any atom is -0.151 e. The van der Waals surface area contributed by atoms with Crippen LogP contribution in [0.5, 0.6) is 0 Å². The van der Waals surface area contributed by atoms with E-state index in [0.717, 1.165) is 6.42 Å². The first kappa shape index (κ1) is 5.34. The second-order valence-electron chi connectivity index (χ2n) is 1.98. The molecular weight excluding hydrogens is 108 g/mol. The maximum atomic E-state index is 9.66. The van der Waals surface area contributed by atoms with Crippen molar-refractivity contribution in [2.45, 2.75) is 12.5 Å². The summed E-state index contributed by atoms with van der Waals surface area (Å²) in [7, 11) is 0. The van der Waals surface area contributed by atoms with E-state index in [1.165, 1.54) is 0 Å². The topological polar surface area (TPSA) is 58.9 Å². The zero-order valence-corrected chi connectivity index (χ0v) is 4.28. The molecule has 1 aliphatic carbocycles. The van der Waals surface area contributed by atoms with Crippen LogP contribution in [0.2, 0.25) is 0 Å². The Labute approximate surface area is 46.2 Å². The highest BCUT2D eigenvalue weighted by Crippen LogP contribution is 2.33. The van der Waals surface area contributed by atoms with Crippen LogP contribution >= 0.6 is 0 Å². The molecule has 1 fully saturated rings. The molecule has 0 amide bonds. The molecule has 44 valence electrons. The van der Waals surface area contributed by atoms with Crippen molar-refractivity contribution in [3.8, 4) is 0 Å². The molecular formula is C4H6N2O2. The quantitative estimate of drug-likeness (QED) is 0.512. The van der Waals surface area contributed by atoms with Gasteiger partial charge in [-0.1, -0.05) is 10.4 Å². The summed E-state index contributed by atoms with van der Waals surface area (Å²) in [6.07, 6.45) is 0.759. The van der Waals surface area contributed by atoms with E-state index in [4.69, 9.17) is 0 Å².